The summed E-state index contributed by atoms with van der Waals surface area (Å²) in [4.78, 5) is 2.15. The summed E-state index contributed by atoms with van der Waals surface area (Å²) in [5.74, 6) is 0.631. The van der Waals surface area contributed by atoms with Gasteiger partial charge in [-0.25, -0.2) is 4.39 Å². The highest BCUT2D eigenvalue weighted by Crippen LogP contribution is 2.29. The first kappa shape index (κ1) is 14.3. The Bertz CT molecular complexity index is 394. The summed E-state index contributed by atoms with van der Waals surface area (Å²) in [6.45, 7) is 3.90. The van der Waals surface area contributed by atoms with E-state index in [-0.39, 0.29) is 5.82 Å². The maximum Gasteiger partial charge on any atom is 0.146 e. The highest BCUT2D eigenvalue weighted by atomic mass is 19.1. The van der Waals surface area contributed by atoms with Crippen LogP contribution in [-0.2, 0) is 0 Å². The van der Waals surface area contributed by atoms with Gasteiger partial charge in [-0.05, 0) is 51.3 Å². The molecule has 3 heteroatoms. The number of nitrogens with one attached hydrogen (secondary N) is 1. The summed E-state index contributed by atoms with van der Waals surface area (Å²) >= 11 is 0. The van der Waals surface area contributed by atoms with Crippen LogP contribution in [0.3, 0.4) is 0 Å². The summed E-state index contributed by atoms with van der Waals surface area (Å²) in [5, 5.41) is 3.41. The Morgan fingerprint density at radius 2 is 2.11 bits per heavy atom. The molecule has 106 valence electrons. The fourth-order valence-corrected chi connectivity index (χ4v) is 3.24. The average molecular weight is 264 g/mol. The van der Waals surface area contributed by atoms with Crippen LogP contribution in [0, 0.1) is 11.7 Å². The lowest BCUT2D eigenvalue weighted by atomic mass is 9.99. The first-order valence-electron chi connectivity index (χ1n) is 7.43. The van der Waals surface area contributed by atoms with Gasteiger partial charge < -0.3 is 10.2 Å². The largest absolute Gasteiger partial charge is 0.369 e. The zero-order valence-corrected chi connectivity index (χ0v) is 12.0. The van der Waals surface area contributed by atoms with Gasteiger partial charge in [0, 0.05) is 19.1 Å². The fraction of sp³-hybridized carbons (Fsp3) is 0.625. The number of nitrogens with zero attached hydrogens (tertiary/aromatic N) is 1. The Labute approximate surface area is 116 Å². The molecule has 1 aromatic rings. The molecule has 0 saturated heterocycles. The molecule has 0 radical (unpaired) electrons. The molecule has 1 N–H and O–H groups in total. The van der Waals surface area contributed by atoms with Crippen LogP contribution in [0.25, 0.3) is 0 Å². The van der Waals surface area contributed by atoms with E-state index in [4.69, 9.17) is 0 Å². The number of hydrogen-bond acceptors (Lipinski definition) is 2. The van der Waals surface area contributed by atoms with Crippen molar-refractivity contribution >= 4 is 5.69 Å². The van der Waals surface area contributed by atoms with Crippen molar-refractivity contribution < 1.29 is 4.39 Å². The SMILES string of the molecule is CCN(CCC1CCCC1NC)c1ccccc1F. The summed E-state index contributed by atoms with van der Waals surface area (Å²) in [6, 6.07) is 7.74. The zero-order valence-electron chi connectivity index (χ0n) is 12.0. The number of halogens is 1. The minimum Gasteiger partial charge on any atom is -0.369 e. The highest BCUT2D eigenvalue weighted by molar-refractivity contribution is 5.47. The lowest BCUT2D eigenvalue weighted by Crippen LogP contribution is -2.33. The van der Waals surface area contributed by atoms with Gasteiger partial charge in [-0.15, -0.1) is 0 Å². The molecular formula is C16H25FN2. The van der Waals surface area contributed by atoms with Crippen LogP contribution in [-0.4, -0.2) is 26.2 Å². The van der Waals surface area contributed by atoms with Crippen LogP contribution in [0.5, 0.6) is 0 Å². The van der Waals surface area contributed by atoms with Gasteiger partial charge in [-0.3, -0.25) is 0 Å². The van der Waals surface area contributed by atoms with Gasteiger partial charge in [0.15, 0.2) is 0 Å². The van der Waals surface area contributed by atoms with Gasteiger partial charge in [0.1, 0.15) is 5.82 Å². The molecule has 0 amide bonds. The number of para-hydroxylation sites is 1. The van der Waals surface area contributed by atoms with Crippen molar-refractivity contribution in [1.29, 1.82) is 0 Å². The van der Waals surface area contributed by atoms with Crippen LogP contribution >= 0.6 is 0 Å². The quantitative estimate of drug-likeness (QED) is 0.847. The maximum atomic E-state index is 13.8. The van der Waals surface area contributed by atoms with E-state index >= 15 is 0 Å². The van der Waals surface area contributed by atoms with Crippen LogP contribution in [0.1, 0.15) is 32.6 Å². The summed E-state index contributed by atoms with van der Waals surface area (Å²) in [5.41, 5.74) is 0.740. The molecule has 1 fully saturated rings. The number of rotatable bonds is 6. The molecule has 1 aromatic carbocycles. The van der Waals surface area contributed by atoms with Gasteiger partial charge in [-0.1, -0.05) is 18.6 Å². The monoisotopic (exact) mass is 264 g/mol. The van der Waals surface area contributed by atoms with E-state index in [0.29, 0.717) is 6.04 Å². The Morgan fingerprint density at radius 1 is 1.32 bits per heavy atom. The molecule has 2 nitrogen and oxygen atoms in total. The molecule has 0 bridgehead atoms. The fourth-order valence-electron chi connectivity index (χ4n) is 3.24. The van der Waals surface area contributed by atoms with Gasteiger partial charge in [-0.2, -0.15) is 0 Å². The van der Waals surface area contributed by atoms with Crippen LogP contribution < -0.4 is 10.2 Å². The normalized spacial score (nSPS) is 22.7. The second-order valence-corrected chi connectivity index (χ2v) is 5.41. The van der Waals surface area contributed by atoms with Gasteiger partial charge in [0.2, 0.25) is 0 Å². The lowest BCUT2D eigenvalue weighted by molar-refractivity contribution is 0.400. The standard InChI is InChI=1S/C16H25FN2/c1-3-19(16-10-5-4-8-14(16)17)12-11-13-7-6-9-15(13)18-2/h4-5,8,10,13,15,18H,3,6-7,9,11-12H2,1-2H3. The Morgan fingerprint density at radius 3 is 2.79 bits per heavy atom. The second kappa shape index (κ2) is 6.90. The minimum absolute atomic E-state index is 0.110. The van der Waals surface area contributed by atoms with Crippen molar-refractivity contribution in [3.05, 3.63) is 30.1 Å². The number of anilines is 1. The molecular weight excluding hydrogens is 239 g/mol. The van der Waals surface area contributed by atoms with E-state index in [2.05, 4.69) is 24.2 Å². The maximum absolute atomic E-state index is 13.8. The number of hydrogen-bond donors (Lipinski definition) is 1. The van der Waals surface area contributed by atoms with E-state index in [1.54, 1.807) is 12.1 Å². The summed E-state index contributed by atoms with van der Waals surface area (Å²) in [7, 11) is 2.05. The van der Waals surface area contributed by atoms with Crippen molar-refractivity contribution in [2.24, 2.45) is 5.92 Å². The van der Waals surface area contributed by atoms with E-state index in [1.807, 2.05) is 12.1 Å². The third-order valence-corrected chi connectivity index (χ3v) is 4.37. The summed E-state index contributed by atoms with van der Waals surface area (Å²) in [6.07, 6.45) is 5.06. The van der Waals surface area contributed by atoms with Crippen LogP contribution in [0.2, 0.25) is 0 Å². The molecule has 2 unspecified atom stereocenters. The predicted octanol–water partition coefficient (Wildman–Crippen LogP) is 3.43. The molecule has 0 aliphatic heterocycles. The van der Waals surface area contributed by atoms with Crippen LogP contribution in [0.4, 0.5) is 10.1 Å². The molecule has 2 rings (SSSR count). The van der Waals surface area contributed by atoms with Gasteiger partial charge >= 0.3 is 0 Å². The first-order valence-corrected chi connectivity index (χ1v) is 7.43. The first-order chi connectivity index (χ1) is 9.26. The van der Waals surface area contributed by atoms with Crippen molar-refractivity contribution in [3.8, 4) is 0 Å². The lowest BCUT2D eigenvalue weighted by Gasteiger charge is -2.27. The third-order valence-electron chi connectivity index (χ3n) is 4.37. The molecule has 0 heterocycles. The van der Waals surface area contributed by atoms with E-state index in [0.717, 1.165) is 31.1 Å². The van der Waals surface area contributed by atoms with Gasteiger partial charge in [0.25, 0.3) is 0 Å². The molecule has 19 heavy (non-hydrogen) atoms. The molecule has 1 aliphatic rings. The molecule has 1 saturated carbocycles. The van der Waals surface area contributed by atoms with Crippen molar-refractivity contribution in [2.45, 2.75) is 38.6 Å². The smallest absolute Gasteiger partial charge is 0.146 e. The third kappa shape index (κ3) is 3.47. The molecule has 1 aliphatic carbocycles. The number of benzene rings is 1. The van der Waals surface area contributed by atoms with Crippen molar-refractivity contribution in [3.63, 3.8) is 0 Å². The Balaban J connectivity index is 1.95. The van der Waals surface area contributed by atoms with E-state index < -0.39 is 0 Å². The zero-order chi connectivity index (χ0) is 13.7. The Hall–Kier alpha value is -1.09. The topological polar surface area (TPSA) is 15.3 Å². The van der Waals surface area contributed by atoms with E-state index in [1.165, 1.54) is 19.3 Å². The molecule has 0 aromatic heterocycles. The molecule has 0 spiro atoms. The van der Waals surface area contributed by atoms with Crippen molar-refractivity contribution in [2.75, 3.05) is 25.0 Å². The van der Waals surface area contributed by atoms with E-state index in [9.17, 15) is 4.39 Å². The second-order valence-electron chi connectivity index (χ2n) is 5.41. The predicted molar refractivity (Wildman–Crippen MR) is 79.1 cm³/mol. The summed E-state index contributed by atoms with van der Waals surface area (Å²) < 4.78 is 13.8. The highest BCUT2D eigenvalue weighted by Gasteiger charge is 2.26. The molecule has 2 atom stereocenters. The van der Waals surface area contributed by atoms with Crippen molar-refractivity contribution in [1.82, 2.24) is 5.32 Å². The van der Waals surface area contributed by atoms with Gasteiger partial charge in [0.05, 0.1) is 5.69 Å². The average Bonchev–Trinajstić information content (AvgIpc) is 2.88. The Kier molecular flexibility index (Phi) is 5.20. The van der Waals surface area contributed by atoms with Crippen LogP contribution in [0.15, 0.2) is 24.3 Å². The minimum atomic E-state index is -0.110.